The second-order valence-corrected chi connectivity index (χ2v) is 8.94. The van der Waals surface area contributed by atoms with E-state index in [-0.39, 0.29) is 24.8 Å². The monoisotopic (exact) mass is 504 g/mol. The van der Waals surface area contributed by atoms with E-state index in [1.54, 1.807) is 24.3 Å². The molecule has 3 atom stereocenters. The lowest BCUT2D eigenvalue weighted by Crippen LogP contribution is -2.45. The van der Waals surface area contributed by atoms with Crippen molar-refractivity contribution in [1.29, 1.82) is 0 Å². The number of hydrogen-bond acceptors (Lipinski definition) is 5. The molecule has 3 N–H and O–H groups in total. The molecule has 4 rings (SSSR count). The van der Waals surface area contributed by atoms with E-state index in [0.29, 0.717) is 35.8 Å². The molecule has 2 aromatic rings. The minimum absolute atomic E-state index is 0.0808. The van der Waals surface area contributed by atoms with Gasteiger partial charge in [-0.3, -0.25) is 9.59 Å². The van der Waals surface area contributed by atoms with Crippen molar-refractivity contribution in [2.75, 3.05) is 35.7 Å². The van der Waals surface area contributed by atoms with Gasteiger partial charge in [-0.15, -0.1) is 0 Å². The highest BCUT2D eigenvalue weighted by Crippen LogP contribution is 2.28. The number of aliphatic hydroxyl groups is 1. The Morgan fingerprint density at radius 1 is 1.17 bits per heavy atom. The van der Waals surface area contributed by atoms with Gasteiger partial charge in [0.2, 0.25) is 5.91 Å². The van der Waals surface area contributed by atoms with E-state index in [4.69, 9.17) is 16.3 Å². The van der Waals surface area contributed by atoms with Gasteiger partial charge in [0.1, 0.15) is 18.0 Å². The molecule has 2 aliphatic rings. The molecule has 0 aliphatic carbocycles. The van der Waals surface area contributed by atoms with Crippen molar-refractivity contribution in [2.45, 2.75) is 37.5 Å². The molecule has 2 fully saturated rings. The van der Waals surface area contributed by atoms with Gasteiger partial charge in [-0.1, -0.05) is 11.6 Å². The molecule has 4 amide bonds. The Balaban J connectivity index is 1.46. The van der Waals surface area contributed by atoms with Gasteiger partial charge < -0.3 is 30.3 Å². The smallest absolute Gasteiger partial charge is 0.322 e. The van der Waals surface area contributed by atoms with Crippen molar-refractivity contribution in [3.8, 4) is 0 Å². The number of carbonyl (C=O) groups is 3. The molecular formula is C24H26ClFN4O5. The average Bonchev–Trinajstić information content (AvgIpc) is 3.29. The van der Waals surface area contributed by atoms with Crippen LogP contribution in [0, 0.1) is 5.82 Å². The van der Waals surface area contributed by atoms with E-state index in [1.807, 2.05) is 0 Å². The fraction of sp³-hybridized carbons (Fsp3) is 0.375. The first-order valence-electron chi connectivity index (χ1n) is 11.2. The summed E-state index contributed by atoms with van der Waals surface area (Å²) in [5, 5.41) is 15.6. The van der Waals surface area contributed by atoms with Crippen molar-refractivity contribution < 1.29 is 28.6 Å². The van der Waals surface area contributed by atoms with Crippen molar-refractivity contribution in [1.82, 2.24) is 4.90 Å². The van der Waals surface area contributed by atoms with Crippen LogP contribution in [0.3, 0.4) is 0 Å². The number of hydrogen-bond donors (Lipinski definition) is 3. The highest BCUT2D eigenvalue weighted by Gasteiger charge is 2.40. The zero-order chi connectivity index (χ0) is 25.1. The van der Waals surface area contributed by atoms with Gasteiger partial charge in [0, 0.05) is 43.0 Å². The number of benzene rings is 2. The number of piperidine rings is 1. The molecule has 1 unspecified atom stereocenters. The Hall–Kier alpha value is -3.21. The fourth-order valence-electron chi connectivity index (χ4n) is 4.27. The summed E-state index contributed by atoms with van der Waals surface area (Å²) in [6, 6.07) is 9.18. The molecule has 0 aromatic heterocycles. The van der Waals surface area contributed by atoms with Gasteiger partial charge in [0.05, 0.1) is 11.8 Å². The van der Waals surface area contributed by atoms with Crippen molar-refractivity contribution in [3.05, 3.63) is 53.3 Å². The molecule has 2 aliphatic heterocycles. The maximum atomic E-state index is 14.9. The van der Waals surface area contributed by atoms with Crippen LogP contribution >= 0.6 is 11.6 Å². The summed E-state index contributed by atoms with van der Waals surface area (Å²) in [5.41, 5.74) is 0.731. The Morgan fingerprint density at radius 2 is 1.91 bits per heavy atom. The first-order chi connectivity index (χ1) is 16.8. The maximum absolute atomic E-state index is 14.9. The number of halogens is 2. The largest absolute Gasteiger partial charge is 0.383 e. The van der Waals surface area contributed by atoms with Crippen molar-refractivity contribution >= 4 is 46.5 Å². The minimum atomic E-state index is -1.10. The van der Waals surface area contributed by atoms with Crippen LogP contribution in [0.15, 0.2) is 42.5 Å². The van der Waals surface area contributed by atoms with Crippen LogP contribution in [0.1, 0.15) is 19.3 Å². The lowest BCUT2D eigenvalue weighted by Gasteiger charge is -2.30. The summed E-state index contributed by atoms with van der Waals surface area (Å²) >= 11 is 5.88. The summed E-state index contributed by atoms with van der Waals surface area (Å²) in [6.45, 7) is 0.564. The molecule has 186 valence electrons. The number of anilines is 3. The number of nitrogens with zero attached hydrogens (tertiary/aromatic N) is 2. The number of likely N-dealkylation sites (tertiary alicyclic amines) is 1. The van der Waals surface area contributed by atoms with Crippen LogP contribution < -0.4 is 15.5 Å². The van der Waals surface area contributed by atoms with E-state index in [0.717, 1.165) is 6.07 Å². The summed E-state index contributed by atoms with van der Waals surface area (Å²) in [6.07, 6.45) is -0.241. The van der Waals surface area contributed by atoms with Crippen LogP contribution in [-0.2, 0) is 14.3 Å². The van der Waals surface area contributed by atoms with Gasteiger partial charge in [0.15, 0.2) is 0 Å². The molecule has 0 saturated carbocycles. The van der Waals surface area contributed by atoms with Gasteiger partial charge in [-0.25, -0.2) is 9.18 Å². The topological polar surface area (TPSA) is 111 Å². The number of ether oxygens (including phenoxy) is 1. The van der Waals surface area contributed by atoms with Crippen LogP contribution in [0.5, 0.6) is 0 Å². The number of urea groups is 1. The Labute approximate surface area is 206 Å². The van der Waals surface area contributed by atoms with Gasteiger partial charge in [0.25, 0.3) is 5.91 Å². The molecule has 0 radical (unpaired) electrons. The summed E-state index contributed by atoms with van der Waals surface area (Å²) in [5.74, 6) is -1.78. The molecule has 2 saturated heterocycles. The van der Waals surface area contributed by atoms with Crippen LogP contribution in [0.4, 0.5) is 26.2 Å². The number of carbonyl (C=O) groups excluding carboxylic acids is 3. The van der Waals surface area contributed by atoms with Gasteiger partial charge in [-0.05, 0) is 55.3 Å². The number of rotatable bonds is 5. The molecule has 11 heteroatoms. The summed E-state index contributed by atoms with van der Waals surface area (Å²) < 4.78 is 20.2. The minimum Gasteiger partial charge on any atom is -0.383 e. The highest BCUT2D eigenvalue weighted by molar-refractivity contribution is 6.30. The molecular weight excluding hydrogens is 479 g/mol. The number of amides is 4. The third kappa shape index (κ3) is 5.55. The van der Waals surface area contributed by atoms with Gasteiger partial charge >= 0.3 is 6.03 Å². The Morgan fingerprint density at radius 3 is 2.60 bits per heavy atom. The molecule has 35 heavy (non-hydrogen) atoms. The molecule has 2 aromatic carbocycles. The van der Waals surface area contributed by atoms with E-state index in [9.17, 15) is 23.9 Å². The molecule has 0 spiro atoms. The zero-order valence-electron chi connectivity index (χ0n) is 19.0. The van der Waals surface area contributed by atoms with E-state index >= 15 is 0 Å². The van der Waals surface area contributed by atoms with Crippen LogP contribution in [0.25, 0.3) is 0 Å². The number of aliphatic hydroxyl groups excluding tert-OH is 1. The first-order valence-corrected chi connectivity index (χ1v) is 11.6. The maximum Gasteiger partial charge on any atom is 0.322 e. The third-order valence-electron chi connectivity index (χ3n) is 6.19. The second kappa shape index (κ2) is 10.6. The van der Waals surface area contributed by atoms with E-state index in [2.05, 4.69) is 10.6 Å². The van der Waals surface area contributed by atoms with Crippen molar-refractivity contribution in [3.63, 3.8) is 0 Å². The average molecular weight is 505 g/mol. The standard InChI is InChI=1S/C24H26ClFN4O5/c1-35-17-12-20(30(13-17)24(34)27-15-6-4-14(25)5-7-15)22(32)28-19-9-8-16(11-18(19)26)29-10-2-3-21(31)23(29)33/h4-9,11,17,20-21,31H,2-3,10,12-13H2,1H3,(H,27,34)(H,28,32)/t17-,20-,21?/m1/s1. The highest BCUT2D eigenvalue weighted by atomic mass is 35.5. The number of nitrogens with one attached hydrogen (secondary N) is 2. The Kier molecular flexibility index (Phi) is 7.54. The predicted molar refractivity (Wildman–Crippen MR) is 129 cm³/mol. The van der Waals surface area contributed by atoms with E-state index in [1.165, 1.54) is 29.0 Å². The lowest BCUT2D eigenvalue weighted by molar-refractivity contribution is -0.128. The molecule has 0 bridgehead atoms. The summed E-state index contributed by atoms with van der Waals surface area (Å²) in [4.78, 5) is 40.8. The second-order valence-electron chi connectivity index (χ2n) is 8.50. The number of methoxy groups -OCH3 is 1. The lowest BCUT2D eigenvalue weighted by atomic mass is 10.1. The van der Waals surface area contributed by atoms with Crippen LogP contribution in [0.2, 0.25) is 5.02 Å². The molecule has 9 nitrogen and oxygen atoms in total. The quantitative estimate of drug-likeness (QED) is 0.579. The normalized spacial score (nSPS) is 22.3. The first kappa shape index (κ1) is 24.9. The summed E-state index contributed by atoms with van der Waals surface area (Å²) in [7, 11) is 1.50. The van der Waals surface area contributed by atoms with Gasteiger partial charge in [-0.2, -0.15) is 0 Å². The van der Waals surface area contributed by atoms with Crippen molar-refractivity contribution in [2.24, 2.45) is 0 Å². The third-order valence-corrected chi connectivity index (χ3v) is 6.44. The zero-order valence-corrected chi connectivity index (χ0v) is 19.8. The van der Waals surface area contributed by atoms with Crippen LogP contribution in [-0.4, -0.2) is 66.3 Å². The fourth-order valence-corrected chi connectivity index (χ4v) is 4.40. The predicted octanol–water partition coefficient (Wildman–Crippen LogP) is 3.23. The SMILES string of the molecule is CO[C@@H]1C[C@H](C(=O)Nc2ccc(N3CCCC(O)C3=O)cc2F)N(C(=O)Nc2ccc(Cl)cc2)C1. The molecule has 2 heterocycles. The Bertz CT molecular complexity index is 1120. The van der Waals surface area contributed by atoms with E-state index < -0.39 is 35.8 Å².